The van der Waals surface area contributed by atoms with Crippen LogP contribution in [0.15, 0.2) is 47.4 Å². The molecule has 0 bridgehead atoms. The largest absolute Gasteiger partial charge is 0.402 e. The van der Waals surface area contributed by atoms with Gasteiger partial charge in [-0.1, -0.05) is 0 Å². The zero-order chi connectivity index (χ0) is 21.2. The lowest BCUT2D eigenvalue weighted by atomic mass is 10.00. The normalized spacial score (nSPS) is 14.1. The first-order valence-electron chi connectivity index (χ1n) is 8.44. The third kappa shape index (κ3) is 5.33. The van der Waals surface area contributed by atoms with Crippen molar-refractivity contribution in [1.29, 1.82) is 0 Å². The monoisotopic (exact) mass is 427 g/mol. The lowest BCUT2D eigenvalue weighted by molar-refractivity contribution is -0.121. The number of hydrogen-bond acceptors (Lipinski definition) is 4. The number of aryl methyl sites for hydroxylation is 1. The predicted molar refractivity (Wildman–Crippen MR) is 99.0 cm³/mol. The molecular formula is C18H16F3N3O4S. The number of alkyl halides is 3. The van der Waals surface area contributed by atoms with Crippen LogP contribution in [-0.2, 0) is 21.2 Å². The Hall–Kier alpha value is -2.92. The van der Waals surface area contributed by atoms with Crippen LogP contribution >= 0.6 is 0 Å². The second-order valence-electron chi connectivity index (χ2n) is 6.34. The molecule has 2 aromatic carbocycles. The molecule has 0 atom stereocenters. The summed E-state index contributed by atoms with van der Waals surface area (Å²) in [6.07, 6.45) is -3.82. The minimum absolute atomic E-state index is 0.0885. The number of carbonyl (C=O) groups excluding carboxylic acids is 2. The molecule has 29 heavy (non-hydrogen) atoms. The molecule has 0 aromatic heterocycles. The molecule has 0 aliphatic carbocycles. The number of benzene rings is 2. The van der Waals surface area contributed by atoms with Crippen molar-refractivity contribution in [3.8, 4) is 0 Å². The fraction of sp³-hybridized carbons (Fsp3) is 0.222. The number of amides is 2. The van der Waals surface area contributed by atoms with E-state index in [0.717, 1.165) is 17.7 Å². The van der Waals surface area contributed by atoms with Crippen LogP contribution in [0.4, 0.5) is 24.5 Å². The number of sulfonamides is 1. The predicted octanol–water partition coefficient (Wildman–Crippen LogP) is 2.66. The van der Waals surface area contributed by atoms with Gasteiger partial charge in [0.15, 0.2) is 0 Å². The van der Waals surface area contributed by atoms with Crippen LogP contribution in [0, 0.1) is 0 Å². The zero-order valence-corrected chi connectivity index (χ0v) is 15.7. The SMILES string of the molecule is O=C1CCc2cc(C(=O)Nc3ccc(S(=O)(=O)NCC(F)(F)F)cc3)ccc2N1. The maximum atomic E-state index is 12.4. The topological polar surface area (TPSA) is 104 Å². The minimum atomic E-state index is -4.67. The maximum absolute atomic E-state index is 12.4. The Morgan fingerprint density at radius 2 is 1.76 bits per heavy atom. The molecule has 0 unspecified atom stereocenters. The summed E-state index contributed by atoms with van der Waals surface area (Å²) < 4.78 is 61.8. The molecule has 3 N–H and O–H groups in total. The van der Waals surface area contributed by atoms with E-state index < -0.39 is 28.7 Å². The number of halogens is 3. The molecule has 0 saturated heterocycles. The molecule has 3 rings (SSSR count). The van der Waals surface area contributed by atoms with Gasteiger partial charge < -0.3 is 10.6 Å². The smallest absolute Gasteiger partial charge is 0.326 e. The van der Waals surface area contributed by atoms with E-state index in [0.29, 0.717) is 24.1 Å². The highest BCUT2D eigenvalue weighted by molar-refractivity contribution is 7.89. The lowest BCUT2D eigenvalue weighted by Gasteiger charge is -2.17. The Balaban J connectivity index is 1.68. The van der Waals surface area contributed by atoms with Crippen LogP contribution in [0.25, 0.3) is 0 Å². The molecule has 0 radical (unpaired) electrons. The summed E-state index contributed by atoms with van der Waals surface area (Å²) >= 11 is 0. The summed E-state index contributed by atoms with van der Waals surface area (Å²) in [6.45, 7) is -1.67. The van der Waals surface area contributed by atoms with Crippen molar-refractivity contribution >= 4 is 33.2 Å². The molecule has 7 nitrogen and oxygen atoms in total. The van der Waals surface area contributed by atoms with Gasteiger partial charge in [0.25, 0.3) is 5.91 Å². The Morgan fingerprint density at radius 1 is 1.07 bits per heavy atom. The molecule has 2 aromatic rings. The molecular weight excluding hydrogens is 411 g/mol. The number of hydrogen-bond donors (Lipinski definition) is 3. The molecule has 11 heteroatoms. The van der Waals surface area contributed by atoms with E-state index in [1.807, 2.05) is 0 Å². The summed E-state index contributed by atoms with van der Waals surface area (Å²) in [5, 5.41) is 5.30. The van der Waals surface area contributed by atoms with E-state index in [-0.39, 0.29) is 16.5 Å². The quantitative estimate of drug-likeness (QED) is 0.682. The molecule has 0 saturated carbocycles. The second kappa shape index (κ2) is 7.84. The zero-order valence-electron chi connectivity index (χ0n) is 14.8. The first-order valence-corrected chi connectivity index (χ1v) is 9.92. The summed E-state index contributed by atoms with van der Waals surface area (Å²) in [6, 6.07) is 9.57. The van der Waals surface area contributed by atoms with E-state index >= 15 is 0 Å². The highest BCUT2D eigenvalue weighted by atomic mass is 32.2. The third-order valence-electron chi connectivity index (χ3n) is 4.15. The fourth-order valence-corrected chi connectivity index (χ4v) is 3.72. The van der Waals surface area contributed by atoms with Gasteiger partial charge in [0, 0.05) is 23.4 Å². The van der Waals surface area contributed by atoms with Crippen molar-refractivity contribution in [2.24, 2.45) is 0 Å². The Kier molecular flexibility index (Phi) is 5.62. The van der Waals surface area contributed by atoms with Crippen molar-refractivity contribution in [3.63, 3.8) is 0 Å². The van der Waals surface area contributed by atoms with E-state index in [1.165, 1.54) is 16.9 Å². The van der Waals surface area contributed by atoms with Crippen LogP contribution in [0.5, 0.6) is 0 Å². The summed E-state index contributed by atoms with van der Waals surface area (Å²) in [5.74, 6) is -0.537. The highest BCUT2D eigenvalue weighted by Crippen LogP contribution is 2.24. The molecule has 0 fully saturated rings. The lowest BCUT2D eigenvalue weighted by Crippen LogP contribution is -2.33. The van der Waals surface area contributed by atoms with Crippen molar-refractivity contribution in [3.05, 3.63) is 53.6 Å². The van der Waals surface area contributed by atoms with Crippen LogP contribution in [0.3, 0.4) is 0 Å². The van der Waals surface area contributed by atoms with Crippen molar-refractivity contribution in [2.75, 3.05) is 17.2 Å². The molecule has 0 spiro atoms. The van der Waals surface area contributed by atoms with Gasteiger partial charge in [0.2, 0.25) is 15.9 Å². The van der Waals surface area contributed by atoms with Crippen LogP contribution in [0.1, 0.15) is 22.3 Å². The average Bonchev–Trinajstić information content (AvgIpc) is 2.66. The minimum Gasteiger partial charge on any atom is -0.326 e. The van der Waals surface area contributed by atoms with Gasteiger partial charge in [-0.2, -0.15) is 13.2 Å². The maximum Gasteiger partial charge on any atom is 0.402 e. The number of nitrogens with one attached hydrogen (secondary N) is 3. The first kappa shape index (κ1) is 20.8. The van der Waals surface area contributed by atoms with Gasteiger partial charge >= 0.3 is 6.18 Å². The number of rotatable bonds is 5. The summed E-state index contributed by atoms with van der Waals surface area (Å²) in [4.78, 5) is 23.4. The van der Waals surface area contributed by atoms with Crippen molar-refractivity contribution in [1.82, 2.24) is 4.72 Å². The molecule has 1 heterocycles. The molecule has 1 aliphatic heterocycles. The number of fused-ring (bicyclic) bond motifs is 1. The van der Waals surface area contributed by atoms with E-state index in [4.69, 9.17) is 0 Å². The number of anilines is 2. The Bertz CT molecular complexity index is 1050. The van der Waals surface area contributed by atoms with Gasteiger partial charge in [-0.15, -0.1) is 0 Å². The van der Waals surface area contributed by atoms with Gasteiger partial charge in [-0.25, -0.2) is 13.1 Å². The second-order valence-corrected chi connectivity index (χ2v) is 8.11. The molecule has 154 valence electrons. The number of carbonyl (C=O) groups is 2. The average molecular weight is 427 g/mol. The Labute approximate surface area is 164 Å². The summed E-state index contributed by atoms with van der Waals surface area (Å²) in [7, 11) is -4.32. The summed E-state index contributed by atoms with van der Waals surface area (Å²) in [5.41, 5.74) is 2.10. The van der Waals surface area contributed by atoms with Crippen LogP contribution < -0.4 is 15.4 Å². The van der Waals surface area contributed by atoms with Gasteiger partial charge in [-0.3, -0.25) is 9.59 Å². The standard InChI is InChI=1S/C18H16F3N3O4S/c19-18(20,21)10-22-29(27,28)14-5-3-13(4-6-14)23-17(26)12-1-7-15-11(9-12)2-8-16(25)24-15/h1,3-7,9,22H,2,8,10H2,(H,23,26)(H,24,25). The molecule has 2 amide bonds. The molecule has 1 aliphatic rings. The first-order chi connectivity index (χ1) is 13.5. The Morgan fingerprint density at radius 3 is 2.41 bits per heavy atom. The van der Waals surface area contributed by atoms with Crippen LogP contribution in [0.2, 0.25) is 0 Å². The van der Waals surface area contributed by atoms with E-state index in [1.54, 1.807) is 18.2 Å². The van der Waals surface area contributed by atoms with Crippen molar-refractivity contribution < 1.29 is 31.2 Å². The van der Waals surface area contributed by atoms with Gasteiger partial charge in [0.1, 0.15) is 6.54 Å². The van der Waals surface area contributed by atoms with Crippen LogP contribution in [-0.4, -0.2) is 33.0 Å². The van der Waals surface area contributed by atoms with E-state index in [2.05, 4.69) is 10.6 Å². The van der Waals surface area contributed by atoms with Crippen molar-refractivity contribution in [2.45, 2.75) is 23.9 Å². The fourth-order valence-electron chi connectivity index (χ4n) is 2.71. The van der Waals surface area contributed by atoms with Gasteiger partial charge in [-0.05, 0) is 54.4 Å². The highest BCUT2D eigenvalue weighted by Gasteiger charge is 2.30. The van der Waals surface area contributed by atoms with E-state index in [9.17, 15) is 31.2 Å². The third-order valence-corrected chi connectivity index (χ3v) is 5.57. The van der Waals surface area contributed by atoms with Gasteiger partial charge in [0.05, 0.1) is 4.90 Å².